The zero-order valence-electron chi connectivity index (χ0n) is 23.2. The molecule has 0 heteroatoms. The van der Waals surface area contributed by atoms with Gasteiger partial charge in [0.05, 0.1) is 0 Å². The van der Waals surface area contributed by atoms with Crippen molar-refractivity contribution in [1.82, 2.24) is 0 Å². The largest absolute Gasteiger partial charge is 0.0622 e. The highest BCUT2D eigenvalue weighted by molar-refractivity contribution is 5.85. The molecule has 0 N–H and O–H groups in total. The van der Waals surface area contributed by atoms with E-state index in [9.17, 15) is 0 Å². The molecule has 5 rings (SSSR count). The summed E-state index contributed by atoms with van der Waals surface area (Å²) in [6.07, 6.45) is 13.0. The van der Waals surface area contributed by atoms with Crippen molar-refractivity contribution in [3.63, 3.8) is 0 Å². The van der Waals surface area contributed by atoms with Gasteiger partial charge in [-0.05, 0) is 58.4 Å². The molecular weight excluding hydrogens is 480 g/mol. The number of benzene rings is 5. The third kappa shape index (κ3) is 7.12. The Balaban J connectivity index is 1.50. The smallest absolute Gasteiger partial charge is 0.0111 e. The second-order valence-electron chi connectivity index (χ2n) is 10.0. The summed E-state index contributed by atoms with van der Waals surface area (Å²) in [6.45, 7) is 4.25. The van der Waals surface area contributed by atoms with Gasteiger partial charge in [0, 0.05) is 0 Å². The molecular formula is C40H34. The highest BCUT2D eigenvalue weighted by atomic mass is 14.1. The Morgan fingerprint density at radius 3 is 1.00 bits per heavy atom. The fourth-order valence-corrected chi connectivity index (χ4v) is 4.65. The normalized spacial score (nSPS) is 12.3. The molecule has 0 spiro atoms. The average Bonchev–Trinajstić information content (AvgIpc) is 3.00. The van der Waals surface area contributed by atoms with Gasteiger partial charge < -0.3 is 0 Å². The maximum absolute atomic E-state index is 2.24. The van der Waals surface area contributed by atoms with Crippen molar-refractivity contribution in [1.29, 1.82) is 0 Å². The molecule has 194 valence electrons. The summed E-state index contributed by atoms with van der Waals surface area (Å²) in [4.78, 5) is 0. The van der Waals surface area contributed by atoms with E-state index in [-0.39, 0.29) is 0 Å². The van der Waals surface area contributed by atoms with E-state index in [1.807, 2.05) is 12.1 Å². The standard InChI is InChI=1S/C40H34/c1-31-19-23-35(24-20-31)39(17-9-15-33-11-5-3-6-12-33)37-27-29-38(30-28-37)40(36-25-21-32(2)22-26-36)18-10-16-34-13-7-4-8-14-34/h3-30H,1-2H3/b15-9+,16-10+,39-17+,40-18+. The molecule has 5 aromatic rings. The van der Waals surface area contributed by atoms with E-state index < -0.39 is 0 Å². The molecule has 0 fully saturated rings. The zero-order valence-corrected chi connectivity index (χ0v) is 23.2. The predicted octanol–water partition coefficient (Wildman–Crippen LogP) is 10.6. The molecule has 5 aromatic carbocycles. The number of allylic oxidation sites excluding steroid dienone is 4. The van der Waals surface area contributed by atoms with Crippen molar-refractivity contribution in [2.45, 2.75) is 13.8 Å². The molecule has 0 aliphatic rings. The molecule has 0 aliphatic heterocycles. The lowest BCUT2D eigenvalue weighted by Gasteiger charge is -2.12. The topological polar surface area (TPSA) is 0 Å². The highest BCUT2D eigenvalue weighted by Gasteiger charge is 2.08. The minimum Gasteiger partial charge on any atom is -0.0622 e. The molecule has 0 radical (unpaired) electrons. The lowest BCUT2D eigenvalue weighted by Crippen LogP contribution is -1.92. The van der Waals surface area contributed by atoms with Crippen molar-refractivity contribution in [2.24, 2.45) is 0 Å². The zero-order chi connectivity index (χ0) is 27.6. The number of hydrogen-bond donors (Lipinski definition) is 0. The Hall–Kier alpha value is -4.94. The van der Waals surface area contributed by atoms with Gasteiger partial charge in [0.2, 0.25) is 0 Å². The van der Waals surface area contributed by atoms with E-state index in [0.717, 1.165) is 0 Å². The third-order valence-corrected chi connectivity index (χ3v) is 6.93. The number of aryl methyl sites for hydroxylation is 2. The van der Waals surface area contributed by atoms with Gasteiger partial charge in [-0.2, -0.15) is 0 Å². The van der Waals surface area contributed by atoms with Crippen LogP contribution in [-0.2, 0) is 0 Å². The van der Waals surface area contributed by atoms with Crippen molar-refractivity contribution >= 4 is 23.3 Å². The van der Waals surface area contributed by atoms with E-state index >= 15 is 0 Å². The van der Waals surface area contributed by atoms with Crippen LogP contribution in [0.3, 0.4) is 0 Å². The second kappa shape index (κ2) is 13.2. The molecule has 0 nitrogen and oxygen atoms in total. The fourth-order valence-electron chi connectivity index (χ4n) is 4.65. The molecule has 0 aliphatic carbocycles. The molecule has 0 unspecified atom stereocenters. The monoisotopic (exact) mass is 514 g/mol. The summed E-state index contributed by atoms with van der Waals surface area (Å²) in [5, 5.41) is 0. The summed E-state index contributed by atoms with van der Waals surface area (Å²) in [5.74, 6) is 0. The Labute approximate surface area is 239 Å². The van der Waals surface area contributed by atoms with Crippen LogP contribution in [0.15, 0.2) is 158 Å². The highest BCUT2D eigenvalue weighted by Crippen LogP contribution is 2.29. The Bertz CT molecular complexity index is 1500. The first-order valence-corrected chi connectivity index (χ1v) is 13.8. The Morgan fingerprint density at radius 1 is 0.375 bits per heavy atom. The van der Waals surface area contributed by atoms with Crippen molar-refractivity contribution in [2.75, 3.05) is 0 Å². The van der Waals surface area contributed by atoms with E-state index in [4.69, 9.17) is 0 Å². The van der Waals surface area contributed by atoms with Crippen molar-refractivity contribution < 1.29 is 0 Å². The SMILES string of the molecule is Cc1ccc(/C(=C\C=C\c2ccccc2)c2ccc(/C(=C/C=C/c3ccccc3)c3ccc(C)cc3)cc2)cc1. The van der Waals surface area contributed by atoms with Crippen LogP contribution in [0.4, 0.5) is 0 Å². The lowest BCUT2D eigenvalue weighted by atomic mass is 9.92. The number of hydrogen-bond acceptors (Lipinski definition) is 0. The van der Waals surface area contributed by atoms with E-state index in [1.54, 1.807) is 0 Å². The summed E-state index contributed by atoms with van der Waals surface area (Å²) in [6, 6.07) is 47.3. The second-order valence-corrected chi connectivity index (χ2v) is 10.0. The molecule has 0 heterocycles. The fraction of sp³-hybridized carbons (Fsp3) is 0.0500. The summed E-state index contributed by atoms with van der Waals surface area (Å²) >= 11 is 0. The molecule has 0 atom stereocenters. The van der Waals surface area contributed by atoms with Crippen LogP contribution >= 0.6 is 0 Å². The van der Waals surface area contributed by atoms with Crippen molar-refractivity contribution in [3.05, 3.63) is 202 Å². The van der Waals surface area contributed by atoms with E-state index in [0.29, 0.717) is 0 Å². The van der Waals surface area contributed by atoms with Gasteiger partial charge >= 0.3 is 0 Å². The Kier molecular flexibility index (Phi) is 8.81. The minimum atomic E-state index is 1.19. The Morgan fingerprint density at radius 2 is 0.675 bits per heavy atom. The first-order valence-electron chi connectivity index (χ1n) is 13.8. The maximum atomic E-state index is 2.24. The van der Waals surface area contributed by atoms with Gasteiger partial charge in [0.15, 0.2) is 0 Å². The summed E-state index contributed by atoms with van der Waals surface area (Å²) < 4.78 is 0. The first kappa shape index (κ1) is 26.7. The van der Waals surface area contributed by atoms with Crippen LogP contribution in [-0.4, -0.2) is 0 Å². The molecule has 40 heavy (non-hydrogen) atoms. The summed E-state index contributed by atoms with van der Waals surface area (Å²) in [5.41, 5.74) is 12.1. The lowest BCUT2D eigenvalue weighted by molar-refractivity contribution is 1.43. The van der Waals surface area contributed by atoms with Crippen LogP contribution in [0.1, 0.15) is 44.5 Å². The van der Waals surface area contributed by atoms with Crippen LogP contribution in [0.5, 0.6) is 0 Å². The summed E-state index contributed by atoms with van der Waals surface area (Å²) in [7, 11) is 0. The third-order valence-electron chi connectivity index (χ3n) is 6.93. The number of rotatable bonds is 8. The first-order chi connectivity index (χ1) is 19.7. The van der Waals surface area contributed by atoms with Gasteiger partial charge in [0.1, 0.15) is 0 Å². The minimum absolute atomic E-state index is 1.19. The van der Waals surface area contributed by atoms with E-state index in [2.05, 4.69) is 172 Å². The maximum Gasteiger partial charge on any atom is -0.0111 e. The average molecular weight is 515 g/mol. The van der Waals surface area contributed by atoms with Gasteiger partial charge in [-0.1, -0.05) is 181 Å². The molecule has 0 bridgehead atoms. The van der Waals surface area contributed by atoms with Crippen LogP contribution in [0, 0.1) is 13.8 Å². The van der Waals surface area contributed by atoms with Crippen LogP contribution in [0.2, 0.25) is 0 Å². The molecule has 0 saturated carbocycles. The van der Waals surface area contributed by atoms with E-state index in [1.165, 1.54) is 55.7 Å². The van der Waals surface area contributed by atoms with Crippen LogP contribution < -0.4 is 0 Å². The van der Waals surface area contributed by atoms with Gasteiger partial charge in [-0.25, -0.2) is 0 Å². The molecule has 0 amide bonds. The quantitative estimate of drug-likeness (QED) is 0.181. The van der Waals surface area contributed by atoms with Gasteiger partial charge in [-0.3, -0.25) is 0 Å². The van der Waals surface area contributed by atoms with Crippen LogP contribution in [0.25, 0.3) is 23.3 Å². The van der Waals surface area contributed by atoms with Gasteiger partial charge in [-0.15, -0.1) is 0 Å². The predicted molar refractivity (Wildman–Crippen MR) is 174 cm³/mol. The molecule has 0 saturated heterocycles. The molecule has 0 aromatic heterocycles. The van der Waals surface area contributed by atoms with Crippen molar-refractivity contribution in [3.8, 4) is 0 Å². The van der Waals surface area contributed by atoms with Gasteiger partial charge in [0.25, 0.3) is 0 Å².